The van der Waals surface area contributed by atoms with E-state index in [1.54, 1.807) is 0 Å². The first-order valence-corrected chi connectivity index (χ1v) is 10.3. The smallest absolute Gasteiger partial charge is 0.303 e. The normalized spacial score (nSPS) is 46.3. The van der Waals surface area contributed by atoms with Gasteiger partial charge in [0.15, 0.2) is 11.9 Å². The van der Waals surface area contributed by atoms with Crippen molar-refractivity contribution in [3.63, 3.8) is 0 Å². The van der Waals surface area contributed by atoms with E-state index in [2.05, 4.69) is 27.7 Å². The molecule has 1 N–H and O–H groups in total. The van der Waals surface area contributed by atoms with Gasteiger partial charge < -0.3 is 14.6 Å². The lowest BCUT2D eigenvalue weighted by Crippen LogP contribution is -2.40. The van der Waals surface area contributed by atoms with E-state index >= 15 is 0 Å². The second-order valence-corrected chi connectivity index (χ2v) is 9.97. The van der Waals surface area contributed by atoms with Crippen molar-refractivity contribution in [2.24, 2.45) is 28.6 Å². The van der Waals surface area contributed by atoms with Crippen LogP contribution in [0.5, 0.6) is 0 Å². The van der Waals surface area contributed by atoms with E-state index in [0.29, 0.717) is 6.61 Å². The summed E-state index contributed by atoms with van der Waals surface area (Å²) in [7, 11) is 0. The summed E-state index contributed by atoms with van der Waals surface area (Å²) < 4.78 is 11.8. The highest BCUT2D eigenvalue weighted by molar-refractivity contribution is 5.92. The molecule has 4 aliphatic rings. The van der Waals surface area contributed by atoms with E-state index in [0.717, 1.165) is 31.3 Å². The van der Waals surface area contributed by atoms with E-state index in [9.17, 15) is 14.7 Å². The maximum Gasteiger partial charge on any atom is 0.303 e. The average Bonchev–Trinajstić information content (AvgIpc) is 3.06. The molecule has 0 amide bonds. The van der Waals surface area contributed by atoms with Crippen molar-refractivity contribution in [1.29, 1.82) is 0 Å². The third-order valence-electron chi connectivity index (χ3n) is 7.99. The lowest BCUT2D eigenvalue weighted by atomic mass is 9.66. The van der Waals surface area contributed by atoms with Crippen molar-refractivity contribution in [3.05, 3.63) is 11.1 Å². The third-order valence-corrected chi connectivity index (χ3v) is 7.99. The van der Waals surface area contributed by atoms with Crippen LogP contribution in [0.15, 0.2) is 11.1 Å². The maximum atomic E-state index is 13.6. The number of hydrogen-bond donors (Lipinski definition) is 1. The molecule has 150 valence electrons. The Morgan fingerprint density at radius 2 is 1.96 bits per heavy atom. The summed E-state index contributed by atoms with van der Waals surface area (Å²) in [5, 5.41) is 10.5. The molecule has 0 aromatic heterocycles. The minimum absolute atomic E-state index is 0.00876. The van der Waals surface area contributed by atoms with Gasteiger partial charge in [-0.15, -0.1) is 0 Å². The van der Waals surface area contributed by atoms with Crippen LogP contribution in [-0.2, 0) is 19.1 Å². The van der Waals surface area contributed by atoms with Gasteiger partial charge in [-0.25, -0.2) is 0 Å². The molecule has 0 aromatic carbocycles. The predicted molar refractivity (Wildman–Crippen MR) is 99.8 cm³/mol. The minimum atomic E-state index is -0.691. The molecule has 5 heteroatoms. The van der Waals surface area contributed by atoms with Crippen LogP contribution in [0.4, 0.5) is 0 Å². The largest absolute Gasteiger partial charge is 0.454 e. The van der Waals surface area contributed by atoms with Gasteiger partial charge in [0.2, 0.25) is 0 Å². The summed E-state index contributed by atoms with van der Waals surface area (Å²) in [5.74, 6) is -0.491. The molecule has 2 fully saturated rings. The van der Waals surface area contributed by atoms with Gasteiger partial charge in [0.1, 0.15) is 0 Å². The van der Waals surface area contributed by atoms with Gasteiger partial charge in [-0.1, -0.05) is 27.7 Å². The lowest BCUT2D eigenvalue weighted by molar-refractivity contribution is -0.155. The second kappa shape index (κ2) is 6.15. The van der Waals surface area contributed by atoms with Gasteiger partial charge in [0.25, 0.3) is 0 Å². The quantitative estimate of drug-likeness (QED) is 0.592. The minimum Gasteiger partial charge on any atom is -0.454 e. The van der Waals surface area contributed by atoms with Crippen LogP contribution in [-0.4, -0.2) is 41.8 Å². The topological polar surface area (TPSA) is 72.8 Å². The summed E-state index contributed by atoms with van der Waals surface area (Å²) in [6, 6.07) is 0. The first-order chi connectivity index (χ1) is 12.6. The number of ketones is 1. The Balaban J connectivity index is 1.84. The SMILES string of the molecule is CC(=O)O[C@H]1C(=O)[C@@H]2[C@H]3OCC4=C3[C@@](C)(CC[C@@H]4O)CC[C@]2(C)[C@H]1C(C)C. The van der Waals surface area contributed by atoms with Crippen LogP contribution < -0.4 is 0 Å². The first kappa shape index (κ1) is 19.1. The predicted octanol–water partition coefficient (Wildman–Crippen LogP) is 3.05. The molecule has 0 saturated heterocycles. The number of esters is 1. The summed E-state index contributed by atoms with van der Waals surface area (Å²) in [6.45, 7) is 10.5. The number of hydrogen-bond acceptors (Lipinski definition) is 5. The molecule has 4 rings (SSSR count). The number of carbonyl (C=O) groups excluding carboxylic acids is 2. The van der Waals surface area contributed by atoms with Crippen molar-refractivity contribution in [3.8, 4) is 0 Å². The van der Waals surface area contributed by atoms with Crippen LogP contribution >= 0.6 is 0 Å². The molecular formula is C22H32O5. The van der Waals surface area contributed by atoms with E-state index in [4.69, 9.17) is 9.47 Å². The Labute approximate surface area is 161 Å². The molecule has 0 bridgehead atoms. The van der Waals surface area contributed by atoms with Crippen LogP contribution in [0.2, 0.25) is 0 Å². The molecule has 5 nitrogen and oxygen atoms in total. The molecule has 0 spiro atoms. The maximum absolute atomic E-state index is 13.6. The van der Waals surface area contributed by atoms with Gasteiger partial charge in [-0.05, 0) is 53.6 Å². The number of fused-ring (bicyclic) bond motifs is 2. The average molecular weight is 376 g/mol. The second-order valence-electron chi connectivity index (χ2n) is 9.97. The van der Waals surface area contributed by atoms with E-state index < -0.39 is 18.2 Å². The van der Waals surface area contributed by atoms with Gasteiger partial charge in [0, 0.05) is 12.8 Å². The molecule has 3 aliphatic carbocycles. The van der Waals surface area contributed by atoms with Crippen molar-refractivity contribution in [2.45, 2.75) is 78.6 Å². The van der Waals surface area contributed by atoms with Crippen molar-refractivity contribution in [2.75, 3.05) is 6.61 Å². The van der Waals surface area contributed by atoms with E-state index in [-0.39, 0.29) is 40.5 Å². The molecule has 7 atom stereocenters. The van der Waals surface area contributed by atoms with Crippen LogP contribution in [0.25, 0.3) is 0 Å². The fraction of sp³-hybridized carbons (Fsp3) is 0.818. The monoisotopic (exact) mass is 376 g/mol. The van der Waals surface area contributed by atoms with Crippen molar-refractivity contribution < 1.29 is 24.2 Å². The fourth-order valence-electron chi connectivity index (χ4n) is 6.83. The molecule has 27 heavy (non-hydrogen) atoms. The first-order valence-electron chi connectivity index (χ1n) is 10.3. The fourth-order valence-corrected chi connectivity index (χ4v) is 6.83. The van der Waals surface area contributed by atoms with Gasteiger partial charge in [0.05, 0.1) is 24.7 Å². The third kappa shape index (κ3) is 2.57. The highest BCUT2D eigenvalue weighted by Gasteiger charge is 2.66. The Kier molecular flexibility index (Phi) is 4.36. The summed E-state index contributed by atoms with van der Waals surface area (Å²) in [5.41, 5.74) is 1.89. The zero-order valence-corrected chi connectivity index (χ0v) is 17.1. The summed E-state index contributed by atoms with van der Waals surface area (Å²) in [4.78, 5) is 25.3. The van der Waals surface area contributed by atoms with Crippen LogP contribution in [0, 0.1) is 28.6 Å². The van der Waals surface area contributed by atoms with Crippen LogP contribution in [0.3, 0.4) is 0 Å². The summed E-state index contributed by atoms with van der Waals surface area (Å²) in [6.07, 6.45) is 2.16. The van der Waals surface area contributed by atoms with Gasteiger partial charge >= 0.3 is 5.97 Å². The van der Waals surface area contributed by atoms with Crippen molar-refractivity contribution >= 4 is 11.8 Å². The Hall–Kier alpha value is -1.20. The summed E-state index contributed by atoms with van der Waals surface area (Å²) >= 11 is 0. The zero-order chi connectivity index (χ0) is 19.7. The highest BCUT2D eigenvalue weighted by atomic mass is 16.5. The molecular weight excluding hydrogens is 344 g/mol. The molecule has 0 radical (unpaired) electrons. The molecule has 0 aromatic rings. The van der Waals surface area contributed by atoms with Gasteiger partial charge in [-0.2, -0.15) is 0 Å². The number of aliphatic hydroxyl groups excluding tert-OH is 1. The number of aliphatic hydroxyl groups is 1. The van der Waals surface area contributed by atoms with Crippen LogP contribution in [0.1, 0.15) is 60.3 Å². The van der Waals surface area contributed by atoms with Gasteiger partial charge in [-0.3, -0.25) is 9.59 Å². The number of carbonyl (C=O) groups is 2. The van der Waals surface area contributed by atoms with E-state index in [1.165, 1.54) is 12.5 Å². The van der Waals surface area contributed by atoms with Crippen molar-refractivity contribution in [1.82, 2.24) is 0 Å². The number of rotatable bonds is 2. The highest BCUT2D eigenvalue weighted by Crippen LogP contribution is 2.63. The Bertz CT molecular complexity index is 709. The zero-order valence-electron chi connectivity index (χ0n) is 17.1. The molecule has 1 aliphatic heterocycles. The Morgan fingerprint density at radius 1 is 1.26 bits per heavy atom. The number of ether oxygens (including phenoxy) is 2. The molecule has 2 saturated carbocycles. The molecule has 1 heterocycles. The molecule has 0 unspecified atom stereocenters. The Morgan fingerprint density at radius 3 is 2.59 bits per heavy atom. The lowest BCUT2D eigenvalue weighted by Gasteiger charge is -2.39. The standard InChI is InChI=1S/C22H32O5/c1-11(2)15-20(27-12(3)23)18(25)17-19-16-13(10-26-19)14(24)6-7-21(16,4)8-9-22(15,17)5/h11,14-15,17,19-20,24H,6-10H2,1-5H3/t14-,15-,17+,19-,20+,21-,22+/m0/s1. The van der Waals surface area contributed by atoms with E-state index in [1.807, 2.05) is 0 Å². The number of Topliss-reactive ketones (excluding diaryl/α,β-unsaturated/α-hetero) is 1.